The van der Waals surface area contributed by atoms with Crippen LogP contribution >= 0.6 is 0 Å². The molecule has 0 N–H and O–H groups in total. The third-order valence-corrected chi connectivity index (χ3v) is 2.61. The maximum atomic E-state index is 13.1. The largest absolute Gasteiger partial charge is 0.496 e. The number of methoxy groups -OCH3 is 1. The number of hydrogen-bond donors (Lipinski definition) is 0. The first-order valence-corrected chi connectivity index (χ1v) is 5.24. The van der Waals surface area contributed by atoms with Crippen LogP contribution in [-0.2, 0) is 0 Å². The van der Waals surface area contributed by atoms with Crippen LogP contribution in [0.25, 0.3) is 11.1 Å². The molecular formula is C14H10F2O2. The predicted molar refractivity (Wildman–Crippen MR) is 63.7 cm³/mol. The summed E-state index contributed by atoms with van der Waals surface area (Å²) in [6, 6.07) is 8.45. The molecule has 18 heavy (non-hydrogen) atoms. The molecule has 0 aliphatic rings. The van der Waals surface area contributed by atoms with Crippen molar-refractivity contribution < 1.29 is 18.3 Å². The third-order valence-electron chi connectivity index (χ3n) is 2.61. The SMILES string of the molecule is COc1ccc(-c2ccc(F)c(F)c2)cc1C=O. The molecule has 0 fully saturated rings. The van der Waals surface area contributed by atoms with E-state index in [1.807, 2.05) is 0 Å². The van der Waals surface area contributed by atoms with Crippen molar-refractivity contribution in [2.24, 2.45) is 0 Å². The van der Waals surface area contributed by atoms with Crippen LogP contribution in [0.2, 0.25) is 0 Å². The van der Waals surface area contributed by atoms with Crippen LogP contribution in [0.1, 0.15) is 10.4 Å². The van der Waals surface area contributed by atoms with Crippen LogP contribution in [-0.4, -0.2) is 13.4 Å². The molecule has 0 aliphatic heterocycles. The van der Waals surface area contributed by atoms with Gasteiger partial charge in [0.25, 0.3) is 0 Å². The van der Waals surface area contributed by atoms with Gasteiger partial charge >= 0.3 is 0 Å². The summed E-state index contributed by atoms with van der Waals surface area (Å²) in [5.74, 6) is -1.38. The maximum Gasteiger partial charge on any atom is 0.159 e. The van der Waals surface area contributed by atoms with E-state index in [0.29, 0.717) is 28.7 Å². The number of rotatable bonds is 3. The minimum Gasteiger partial charge on any atom is -0.496 e. The van der Waals surface area contributed by atoms with Crippen LogP contribution in [0.3, 0.4) is 0 Å². The van der Waals surface area contributed by atoms with E-state index in [2.05, 4.69) is 0 Å². The molecule has 4 heteroatoms. The van der Waals surface area contributed by atoms with Gasteiger partial charge in [0.05, 0.1) is 12.7 Å². The Morgan fingerprint density at radius 3 is 2.28 bits per heavy atom. The summed E-state index contributed by atoms with van der Waals surface area (Å²) in [5.41, 5.74) is 1.48. The van der Waals surface area contributed by atoms with Crippen molar-refractivity contribution in [2.75, 3.05) is 7.11 Å². The van der Waals surface area contributed by atoms with E-state index in [1.54, 1.807) is 18.2 Å². The summed E-state index contributed by atoms with van der Waals surface area (Å²) in [6.07, 6.45) is 0.655. The first-order chi connectivity index (χ1) is 8.65. The lowest BCUT2D eigenvalue weighted by Crippen LogP contribution is -1.92. The molecule has 0 saturated heterocycles. The molecule has 0 amide bonds. The Hall–Kier alpha value is -2.23. The molecule has 2 aromatic rings. The van der Waals surface area contributed by atoms with Crippen molar-refractivity contribution in [3.63, 3.8) is 0 Å². The zero-order chi connectivity index (χ0) is 13.1. The molecule has 0 spiro atoms. The zero-order valence-electron chi connectivity index (χ0n) is 9.61. The second kappa shape index (κ2) is 4.96. The second-order valence-electron chi connectivity index (χ2n) is 3.70. The van der Waals surface area contributed by atoms with Gasteiger partial charge in [-0.05, 0) is 35.4 Å². The quantitative estimate of drug-likeness (QED) is 0.777. The zero-order valence-corrected chi connectivity index (χ0v) is 9.61. The van der Waals surface area contributed by atoms with Crippen LogP contribution in [0, 0.1) is 11.6 Å². The lowest BCUT2D eigenvalue weighted by Gasteiger charge is -2.07. The molecule has 0 heterocycles. The number of carbonyl (C=O) groups is 1. The van der Waals surface area contributed by atoms with Crippen molar-refractivity contribution >= 4 is 6.29 Å². The highest BCUT2D eigenvalue weighted by Gasteiger charge is 2.07. The average molecular weight is 248 g/mol. The molecule has 92 valence electrons. The van der Waals surface area contributed by atoms with E-state index in [1.165, 1.54) is 13.2 Å². The molecule has 0 unspecified atom stereocenters. The Balaban J connectivity index is 2.50. The van der Waals surface area contributed by atoms with E-state index >= 15 is 0 Å². The van der Waals surface area contributed by atoms with Crippen LogP contribution in [0.4, 0.5) is 8.78 Å². The van der Waals surface area contributed by atoms with E-state index in [9.17, 15) is 13.6 Å². The Morgan fingerprint density at radius 2 is 1.67 bits per heavy atom. The molecule has 0 aromatic heterocycles. The van der Waals surface area contributed by atoms with Crippen LogP contribution in [0.5, 0.6) is 5.75 Å². The number of aldehydes is 1. The highest BCUT2D eigenvalue weighted by atomic mass is 19.2. The van der Waals surface area contributed by atoms with Crippen LogP contribution < -0.4 is 4.74 Å². The van der Waals surface area contributed by atoms with Gasteiger partial charge in [-0.2, -0.15) is 0 Å². The first kappa shape index (κ1) is 12.2. The van der Waals surface area contributed by atoms with E-state index < -0.39 is 11.6 Å². The Labute approximate surface area is 103 Å². The van der Waals surface area contributed by atoms with Gasteiger partial charge in [0.15, 0.2) is 17.9 Å². The fourth-order valence-corrected chi connectivity index (χ4v) is 1.68. The number of carbonyl (C=O) groups excluding carboxylic acids is 1. The van der Waals surface area contributed by atoms with Gasteiger partial charge in [-0.15, -0.1) is 0 Å². The number of benzene rings is 2. The highest BCUT2D eigenvalue weighted by molar-refractivity contribution is 5.83. The Bertz CT molecular complexity index is 594. The van der Waals surface area contributed by atoms with Gasteiger partial charge in [0.2, 0.25) is 0 Å². The number of halogens is 2. The fraction of sp³-hybridized carbons (Fsp3) is 0.0714. The highest BCUT2D eigenvalue weighted by Crippen LogP contribution is 2.26. The Kier molecular flexibility index (Phi) is 3.37. The Morgan fingerprint density at radius 1 is 1.00 bits per heavy atom. The number of ether oxygens (including phenoxy) is 1. The molecule has 0 radical (unpaired) electrons. The third kappa shape index (κ3) is 2.22. The summed E-state index contributed by atoms with van der Waals surface area (Å²) < 4.78 is 31.0. The fourth-order valence-electron chi connectivity index (χ4n) is 1.68. The lowest BCUT2D eigenvalue weighted by atomic mass is 10.0. The lowest BCUT2D eigenvalue weighted by molar-refractivity contribution is 0.112. The van der Waals surface area contributed by atoms with E-state index in [4.69, 9.17) is 4.74 Å². The second-order valence-corrected chi connectivity index (χ2v) is 3.70. The predicted octanol–water partition coefficient (Wildman–Crippen LogP) is 3.45. The van der Waals surface area contributed by atoms with Crippen molar-refractivity contribution in [3.05, 3.63) is 53.6 Å². The number of hydrogen-bond acceptors (Lipinski definition) is 2. The van der Waals surface area contributed by atoms with Gasteiger partial charge in [-0.25, -0.2) is 8.78 Å². The van der Waals surface area contributed by atoms with Crippen LogP contribution in [0.15, 0.2) is 36.4 Å². The molecule has 2 nitrogen and oxygen atoms in total. The summed E-state index contributed by atoms with van der Waals surface area (Å²) >= 11 is 0. The monoisotopic (exact) mass is 248 g/mol. The van der Waals surface area contributed by atoms with E-state index in [0.717, 1.165) is 12.1 Å². The molecular weight excluding hydrogens is 238 g/mol. The van der Waals surface area contributed by atoms with Crippen molar-refractivity contribution in [3.8, 4) is 16.9 Å². The normalized spacial score (nSPS) is 10.2. The van der Waals surface area contributed by atoms with Crippen molar-refractivity contribution in [2.45, 2.75) is 0 Å². The minimum atomic E-state index is -0.920. The molecule has 0 atom stereocenters. The summed E-state index contributed by atoms with van der Waals surface area (Å²) in [4.78, 5) is 10.9. The van der Waals surface area contributed by atoms with Crippen molar-refractivity contribution in [1.82, 2.24) is 0 Å². The van der Waals surface area contributed by atoms with Gasteiger partial charge in [0.1, 0.15) is 5.75 Å². The first-order valence-electron chi connectivity index (χ1n) is 5.24. The average Bonchev–Trinajstić information content (AvgIpc) is 2.41. The minimum absolute atomic E-state index is 0.361. The van der Waals surface area contributed by atoms with Gasteiger partial charge in [-0.1, -0.05) is 12.1 Å². The smallest absolute Gasteiger partial charge is 0.159 e. The van der Waals surface area contributed by atoms with Crippen molar-refractivity contribution in [1.29, 1.82) is 0 Å². The summed E-state index contributed by atoms with van der Waals surface area (Å²) in [5, 5.41) is 0. The standard InChI is InChI=1S/C14H10F2O2/c1-18-14-5-3-9(6-11(14)8-17)10-2-4-12(15)13(16)7-10/h2-8H,1H3. The summed E-state index contributed by atoms with van der Waals surface area (Å²) in [7, 11) is 1.46. The molecule has 2 rings (SSSR count). The van der Waals surface area contributed by atoms with Gasteiger partial charge in [0, 0.05) is 0 Å². The van der Waals surface area contributed by atoms with Gasteiger partial charge in [-0.3, -0.25) is 4.79 Å². The molecule has 2 aromatic carbocycles. The summed E-state index contributed by atoms with van der Waals surface area (Å²) in [6.45, 7) is 0. The molecule has 0 saturated carbocycles. The maximum absolute atomic E-state index is 13.1. The topological polar surface area (TPSA) is 26.3 Å². The van der Waals surface area contributed by atoms with E-state index in [-0.39, 0.29) is 0 Å². The van der Waals surface area contributed by atoms with Gasteiger partial charge < -0.3 is 4.74 Å². The molecule has 0 aliphatic carbocycles. The molecule has 0 bridgehead atoms.